The standard InChI is InChI=1S/C12H16N2O5/c1-14(11(15)10(13)12(16)17)7-4-5-8(18-2)9(6-7)19-3/h4-6,10H,13H2,1-3H3,(H,16,17). The number of aliphatic carboxylic acids is 1. The molecule has 1 aromatic carbocycles. The Bertz CT molecular complexity index is 489. The minimum Gasteiger partial charge on any atom is -0.493 e. The van der Waals surface area contributed by atoms with E-state index in [0.717, 1.165) is 4.90 Å². The van der Waals surface area contributed by atoms with Crippen molar-refractivity contribution in [3.63, 3.8) is 0 Å². The number of benzene rings is 1. The van der Waals surface area contributed by atoms with Gasteiger partial charge in [0, 0.05) is 18.8 Å². The van der Waals surface area contributed by atoms with Crippen molar-refractivity contribution in [3.8, 4) is 11.5 Å². The third kappa shape index (κ3) is 3.14. The summed E-state index contributed by atoms with van der Waals surface area (Å²) in [6, 6.07) is 3.18. The van der Waals surface area contributed by atoms with Crippen LogP contribution >= 0.6 is 0 Å². The molecule has 0 aliphatic carbocycles. The van der Waals surface area contributed by atoms with Crippen molar-refractivity contribution in [2.75, 3.05) is 26.2 Å². The summed E-state index contributed by atoms with van der Waals surface area (Å²) in [6.07, 6.45) is 0. The van der Waals surface area contributed by atoms with E-state index in [1.165, 1.54) is 21.3 Å². The lowest BCUT2D eigenvalue weighted by molar-refractivity contribution is -0.142. The molecular formula is C12H16N2O5. The number of carbonyl (C=O) groups is 2. The normalized spacial score (nSPS) is 11.6. The van der Waals surface area contributed by atoms with Crippen LogP contribution in [0.1, 0.15) is 0 Å². The Balaban J connectivity index is 3.03. The second kappa shape index (κ2) is 6.05. The first kappa shape index (κ1) is 14.8. The van der Waals surface area contributed by atoms with Gasteiger partial charge in [-0.3, -0.25) is 4.79 Å². The van der Waals surface area contributed by atoms with Crippen LogP contribution in [-0.4, -0.2) is 44.3 Å². The van der Waals surface area contributed by atoms with Crippen molar-refractivity contribution in [2.45, 2.75) is 6.04 Å². The van der Waals surface area contributed by atoms with Crippen molar-refractivity contribution in [1.82, 2.24) is 0 Å². The highest BCUT2D eigenvalue weighted by atomic mass is 16.5. The van der Waals surface area contributed by atoms with Gasteiger partial charge in [-0.1, -0.05) is 0 Å². The Morgan fingerprint density at radius 2 is 1.84 bits per heavy atom. The fourth-order valence-corrected chi connectivity index (χ4v) is 1.48. The smallest absolute Gasteiger partial charge is 0.330 e. The molecule has 104 valence electrons. The van der Waals surface area contributed by atoms with Gasteiger partial charge in [0.05, 0.1) is 14.2 Å². The first-order chi connectivity index (χ1) is 8.92. The molecule has 1 unspecified atom stereocenters. The molecule has 0 saturated heterocycles. The zero-order valence-corrected chi connectivity index (χ0v) is 10.9. The van der Waals surface area contributed by atoms with E-state index in [9.17, 15) is 9.59 Å². The number of hydrogen-bond acceptors (Lipinski definition) is 5. The van der Waals surface area contributed by atoms with Gasteiger partial charge in [-0.2, -0.15) is 0 Å². The van der Waals surface area contributed by atoms with E-state index in [2.05, 4.69) is 0 Å². The summed E-state index contributed by atoms with van der Waals surface area (Å²) in [5.41, 5.74) is 5.74. The van der Waals surface area contributed by atoms with Crippen LogP contribution in [0.15, 0.2) is 18.2 Å². The quantitative estimate of drug-likeness (QED) is 0.733. The van der Waals surface area contributed by atoms with Crippen LogP contribution in [0.4, 0.5) is 5.69 Å². The number of carboxylic acids is 1. The second-order valence-corrected chi connectivity index (χ2v) is 3.75. The summed E-state index contributed by atoms with van der Waals surface area (Å²) in [5.74, 6) is -1.16. The number of nitrogens with zero attached hydrogens (tertiary/aromatic N) is 1. The number of rotatable bonds is 5. The lowest BCUT2D eigenvalue weighted by Crippen LogP contribution is -2.46. The van der Waals surface area contributed by atoms with Gasteiger partial charge in [0.25, 0.3) is 5.91 Å². The van der Waals surface area contributed by atoms with E-state index in [0.29, 0.717) is 17.2 Å². The number of likely N-dealkylation sites (N-methyl/N-ethyl adjacent to an activating group) is 1. The van der Waals surface area contributed by atoms with E-state index in [-0.39, 0.29) is 0 Å². The highest BCUT2D eigenvalue weighted by Gasteiger charge is 2.25. The average Bonchev–Trinajstić information content (AvgIpc) is 2.43. The van der Waals surface area contributed by atoms with Gasteiger partial charge in [-0.05, 0) is 12.1 Å². The molecule has 3 N–H and O–H groups in total. The summed E-state index contributed by atoms with van der Waals surface area (Å²) in [6.45, 7) is 0. The molecule has 0 fully saturated rings. The van der Waals surface area contributed by atoms with E-state index in [1.807, 2.05) is 0 Å². The van der Waals surface area contributed by atoms with Gasteiger partial charge in [0.2, 0.25) is 0 Å². The first-order valence-corrected chi connectivity index (χ1v) is 5.40. The van der Waals surface area contributed by atoms with Gasteiger partial charge < -0.3 is 25.2 Å². The predicted octanol–water partition coefficient (Wildman–Crippen LogP) is 0.0785. The third-order valence-corrected chi connectivity index (χ3v) is 2.62. The molecule has 19 heavy (non-hydrogen) atoms. The Hall–Kier alpha value is -2.28. The van der Waals surface area contributed by atoms with Crippen molar-refractivity contribution in [2.24, 2.45) is 5.73 Å². The van der Waals surface area contributed by atoms with Crippen LogP contribution in [0.3, 0.4) is 0 Å². The number of carbonyl (C=O) groups excluding carboxylic acids is 1. The largest absolute Gasteiger partial charge is 0.493 e. The van der Waals surface area contributed by atoms with Crippen molar-refractivity contribution in [3.05, 3.63) is 18.2 Å². The van der Waals surface area contributed by atoms with E-state index in [1.54, 1.807) is 18.2 Å². The molecule has 7 heteroatoms. The summed E-state index contributed by atoms with van der Waals surface area (Å²) >= 11 is 0. The molecular weight excluding hydrogens is 252 g/mol. The maximum absolute atomic E-state index is 11.8. The summed E-state index contributed by atoms with van der Waals surface area (Å²) in [7, 11) is 4.39. The lowest BCUT2D eigenvalue weighted by Gasteiger charge is -2.20. The molecule has 0 aliphatic rings. The Kier molecular flexibility index (Phi) is 4.71. The van der Waals surface area contributed by atoms with Crippen molar-refractivity contribution in [1.29, 1.82) is 0 Å². The Morgan fingerprint density at radius 1 is 1.26 bits per heavy atom. The topological polar surface area (TPSA) is 102 Å². The Labute approximate surface area is 110 Å². The van der Waals surface area contributed by atoms with E-state index < -0.39 is 17.9 Å². The van der Waals surface area contributed by atoms with Crippen LogP contribution in [0, 0.1) is 0 Å². The molecule has 0 aliphatic heterocycles. The van der Waals surface area contributed by atoms with Crippen LogP contribution in [0.2, 0.25) is 0 Å². The number of ether oxygens (including phenoxy) is 2. The molecule has 0 radical (unpaired) electrons. The summed E-state index contributed by atoms with van der Waals surface area (Å²) in [4.78, 5) is 23.6. The lowest BCUT2D eigenvalue weighted by atomic mass is 10.2. The molecule has 1 amide bonds. The molecule has 0 heterocycles. The summed E-state index contributed by atoms with van der Waals surface area (Å²) in [5, 5.41) is 8.71. The number of hydrogen-bond donors (Lipinski definition) is 2. The van der Waals surface area contributed by atoms with Gasteiger partial charge in [-0.15, -0.1) is 0 Å². The maximum atomic E-state index is 11.8. The second-order valence-electron chi connectivity index (χ2n) is 3.75. The maximum Gasteiger partial charge on any atom is 0.330 e. The molecule has 0 bridgehead atoms. The highest BCUT2D eigenvalue weighted by Crippen LogP contribution is 2.31. The number of methoxy groups -OCH3 is 2. The molecule has 0 spiro atoms. The minimum atomic E-state index is -1.60. The highest BCUT2D eigenvalue weighted by molar-refractivity contribution is 6.08. The average molecular weight is 268 g/mol. The fraction of sp³-hybridized carbons (Fsp3) is 0.333. The summed E-state index contributed by atoms with van der Waals surface area (Å²) < 4.78 is 10.2. The molecule has 0 aromatic heterocycles. The minimum absolute atomic E-state index is 0.434. The molecule has 1 rings (SSSR count). The number of carboxylic acid groups (broad SMARTS) is 1. The fourth-order valence-electron chi connectivity index (χ4n) is 1.48. The van der Waals surface area contributed by atoms with Gasteiger partial charge in [0.1, 0.15) is 0 Å². The SMILES string of the molecule is COc1ccc(N(C)C(=O)C(N)C(=O)O)cc1OC. The van der Waals surface area contributed by atoms with Crippen LogP contribution in [0.5, 0.6) is 11.5 Å². The number of amides is 1. The van der Waals surface area contributed by atoms with Crippen LogP contribution < -0.4 is 20.1 Å². The first-order valence-electron chi connectivity index (χ1n) is 5.40. The third-order valence-electron chi connectivity index (χ3n) is 2.62. The van der Waals surface area contributed by atoms with Gasteiger partial charge >= 0.3 is 5.97 Å². The monoisotopic (exact) mass is 268 g/mol. The van der Waals surface area contributed by atoms with E-state index in [4.69, 9.17) is 20.3 Å². The zero-order chi connectivity index (χ0) is 14.6. The molecule has 7 nitrogen and oxygen atoms in total. The number of nitrogens with two attached hydrogens (primary N) is 1. The molecule has 0 saturated carbocycles. The van der Waals surface area contributed by atoms with Gasteiger partial charge in [-0.25, -0.2) is 4.79 Å². The zero-order valence-electron chi connectivity index (χ0n) is 10.9. The van der Waals surface area contributed by atoms with Gasteiger partial charge in [0.15, 0.2) is 17.5 Å². The van der Waals surface area contributed by atoms with Crippen LogP contribution in [-0.2, 0) is 9.59 Å². The molecule has 1 aromatic rings. The van der Waals surface area contributed by atoms with E-state index >= 15 is 0 Å². The van der Waals surface area contributed by atoms with Crippen molar-refractivity contribution >= 4 is 17.6 Å². The number of anilines is 1. The molecule has 1 atom stereocenters. The van der Waals surface area contributed by atoms with Crippen LogP contribution in [0.25, 0.3) is 0 Å². The van der Waals surface area contributed by atoms with Crippen molar-refractivity contribution < 1.29 is 24.2 Å². The Morgan fingerprint density at radius 3 is 2.32 bits per heavy atom. The predicted molar refractivity (Wildman–Crippen MR) is 68.6 cm³/mol.